The van der Waals surface area contributed by atoms with Gasteiger partial charge < -0.3 is 9.97 Å². The first-order valence-corrected chi connectivity index (χ1v) is 6.35. The normalized spacial score (nSPS) is 12.4. The van der Waals surface area contributed by atoms with E-state index >= 15 is 0 Å². The summed E-state index contributed by atoms with van der Waals surface area (Å²) in [7, 11) is 0. The number of hydrogen-bond acceptors (Lipinski definition) is 3. The second-order valence-corrected chi connectivity index (χ2v) is 5.09. The average Bonchev–Trinajstić information content (AvgIpc) is 2.84. The molecule has 0 atom stereocenters. The van der Waals surface area contributed by atoms with Gasteiger partial charge in [-0.25, -0.2) is 4.98 Å². The molecule has 90 valence electrons. The van der Waals surface area contributed by atoms with Crippen molar-refractivity contribution in [3.8, 4) is 11.4 Å². The molecule has 2 aliphatic rings. The molecule has 0 spiro atoms. The first-order chi connectivity index (χ1) is 8.63. The number of nitrogens with zero attached hydrogens (tertiary/aromatic N) is 1. The minimum atomic E-state index is -0.123. The molecule has 0 aliphatic carbocycles. The summed E-state index contributed by atoms with van der Waals surface area (Å²) in [5.41, 5.74) is 2.39. The Morgan fingerprint density at radius 3 is 3.06 bits per heavy atom. The van der Waals surface area contributed by atoms with Crippen molar-refractivity contribution in [1.82, 2.24) is 15.0 Å². The predicted octanol–water partition coefficient (Wildman–Crippen LogP) is 0.812. The first-order valence-electron chi connectivity index (χ1n) is 5.47. The Kier molecular flexibility index (Phi) is 2.41. The number of aromatic nitrogens is 3. The number of H-pyrrole nitrogens is 2. The van der Waals surface area contributed by atoms with Gasteiger partial charge in [-0.1, -0.05) is 6.58 Å². The van der Waals surface area contributed by atoms with Gasteiger partial charge in [-0.2, -0.15) is 0 Å². The van der Waals surface area contributed by atoms with Gasteiger partial charge in [0.2, 0.25) is 0 Å². The predicted molar refractivity (Wildman–Crippen MR) is 73.2 cm³/mol. The Hall–Kier alpha value is -2.14. The summed E-state index contributed by atoms with van der Waals surface area (Å²) in [4.78, 5) is 22.8. The van der Waals surface area contributed by atoms with E-state index in [0.717, 1.165) is 10.4 Å². The largest absolute Gasteiger partial charge is 0.346 e. The maximum atomic E-state index is 11.9. The van der Waals surface area contributed by atoms with Crippen molar-refractivity contribution in [2.24, 2.45) is 0 Å². The van der Waals surface area contributed by atoms with E-state index < -0.39 is 0 Å². The summed E-state index contributed by atoms with van der Waals surface area (Å²) in [6, 6.07) is 2.05. The average molecular weight is 257 g/mol. The molecule has 2 aliphatic heterocycles. The Balaban J connectivity index is 2.30. The van der Waals surface area contributed by atoms with Crippen LogP contribution in [0.5, 0.6) is 0 Å². The molecule has 0 amide bonds. The van der Waals surface area contributed by atoms with Gasteiger partial charge in [-0.15, -0.1) is 11.3 Å². The molecule has 4 nitrogen and oxygen atoms in total. The standard InChI is InChI=1S/C13H11N3OS/c1-7-3-9(18-6-7)4-10-11-5-14-8(2)15-12(11)16-13(10)17/h3-6,14H,2H2,1H3,(H,15,16,17). The van der Waals surface area contributed by atoms with Crippen molar-refractivity contribution >= 4 is 24.0 Å². The summed E-state index contributed by atoms with van der Waals surface area (Å²) in [5, 5.41) is 2.69. The number of aromatic amines is 2. The lowest BCUT2D eigenvalue weighted by Gasteiger charge is -1.94. The van der Waals surface area contributed by atoms with E-state index in [1.165, 1.54) is 5.56 Å². The van der Waals surface area contributed by atoms with Crippen LogP contribution in [0.15, 0.2) is 22.4 Å². The molecule has 0 aromatic carbocycles. The van der Waals surface area contributed by atoms with Crippen LogP contribution < -0.4 is 16.3 Å². The minimum absolute atomic E-state index is 0.123. The molecule has 0 bridgehead atoms. The van der Waals surface area contributed by atoms with Crippen molar-refractivity contribution in [2.75, 3.05) is 0 Å². The van der Waals surface area contributed by atoms with Gasteiger partial charge in [0.15, 0.2) is 0 Å². The van der Waals surface area contributed by atoms with Crippen molar-refractivity contribution in [3.05, 3.63) is 49.1 Å². The lowest BCUT2D eigenvalue weighted by molar-refractivity contribution is 1.07. The fourth-order valence-corrected chi connectivity index (χ4v) is 2.69. The van der Waals surface area contributed by atoms with Crippen LogP contribution in [0.2, 0.25) is 0 Å². The molecule has 1 aromatic heterocycles. The van der Waals surface area contributed by atoms with Gasteiger partial charge in [0.05, 0.1) is 5.22 Å². The van der Waals surface area contributed by atoms with Gasteiger partial charge in [0.1, 0.15) is 11.3 Å². The van der Waals surface area contributed by atoms with Crippen molar-refractivity contribution < 1.29 is 0 Å². The smallest absolute Gasteiger partial charge is 0.257 e. The molecule has 0 saturated heterocycles. The lowest BCUT2D eigenvalue weighted by Crippen LogP contribution is -2.21. The van der Waals surface area contributed by atoms with Crippen LogP contribution in [-0.2, 0) is 0 Å². The summed E-state index contributed by atoms with van der Waals surface area (Å²) >= 11 is 1.62. The molecule has 3 rings (SSSR count). The van der Waals surface area contributed by atoms with Crippen LogP contribution in [-0.4, -0.2) is 15.0 Å². The second-order valence-electron chi connectivity index (χ2n) is 4.15. The number of hydrogen-bond donors (Lipinski definition) is 2. The summed E-state index contributed by atoms with van der Waals surface area (Å²) < 4.78 is 0. The molecular weight excluding hydrogens is 246 g/mol. The van der Waals surface area contributed by atoms with Crippen molar-refractivity contribution in [2.45, 2.75) is 6.92 Å². The third-order valence-electron chi connectivity index (χ3n) is 2.69. The number of fused-ring (bicyclic) bond motifs is 1. The van der Waals surface area contributed by atoms with E-state index in [2.05, 4.69) is 33.0 Å². The molecule has 2 N–H and O–H groups in total. The molecule has 0 saturated carbocycles. The quantitative estimate of drug-likeness (QED) is 0.678. The first kappa shape index (κ1) is 11.0. The zero-order valence-electron chi connectivity index (χ0n) is 9.78. The molecular formula is C13H11N3OS. The SMILES string of the molecule is C=c1nc2[nH]c(=O)c(=Cc3cc(C)cs3)c-2c[nH]1. The maximum absolute atomic E-state index is 11.9. The van der Waals surface area contributed by atoms with E-state index in [4.69, 9.17) is 0 Å². The number of thiophene rings is 1. The zero-order valence-corrected chi connectivity index (χ0v) is 10.6. The van der Waals surface area contributed by atoms with E-state index in [9.17, 15) is 4.79 Å². The highest BCUT2D eigenvalue weighted by Crippen LogP contribution is 2.14. The van der Waals surface area contributed by atoms with Gasteiger partial charge in [-0.05, 0) is 30.0 Å². The lowest BCUT2D eigenvalue weighted by atomic mass is 10.2. The highest BCUT2D eigenvalue weighted by atomic mass is 32.1. The van der Waals surface area contributed by atoms with Crippen molar-refractivity contribution in [1.29, 1.82) is 0 Å². The molecule has 1 aromatic rings. The topological polar surface area (TPSA) is 61.5 Å². The van der Waals surface area contributed by atoms with Crippen LogP contribution in [0, 0.1) is 6.92 Å². The van der Waals surface area contributed by atoms with Crippen molar-refractivity contribution in [3.63, 3.8) is 0 Å². The molecule has 0 radical (unpaired) electrons. The zero-order chi connectivity index (χ0) is 12.7. The highest BCUT2D eigenvalue weighted by Gasteiger charge is 2.10. The van der Waals surface area contributed by atoms with Gasteiger partial charge in [0, 0.05) is 16.6 Å². The van der Waals surface area contributed by atoms with Crippen LogP contribution in [0.4, 0.5) is 0 Å². The van der Waals surface area contributed by atoms with Gasteiger partial charge in [-0.3, -0.25) is 4.79 Å². The monoisotopic (exact) mass is 257 g/mol. The summed E-state index contributed by atoms with van der Waals surface area (Å²) in [5.74, 6) is 0.572. The third-order valence-corrected chi connectivity index (χ3v) is 3.69. The fraction of sp³-hybridized carbons (Fsp3) is 0.0769. The fourth-order valence-electron chi connectivity index (χ4n) is 1.86. The van der Waals surface area contributed by atoms with Crippen LogP contribution >= 0.6 is 11.3 Å². The Morgan fingerprint density at radius 1 is 1.50 bits per heavy atom. The van der Waals surface area contributed by atoms with Gasteiger partial charge >= 0.3 is 0 Å². The van der Waals surface area contributed by atoms with E-state index in [0.29, 0.717) is 16.5 Å². The Morgan fingerprint density at radius 2 is 2.33 bits per heavy atom. The van der Waals surface area contributed by atoms with Crippen LogP contribution in [0.1, 0.15) is 10.4 Å². The maximum Gasteiger partial charge on any atom is 0.257 e. The molecule has 3 heterocycles. The van der Waals surface area contributed by atoms with E-state index in [1.807, 2.05) is 13.0 Å². The van der Waals surface area contributed by atoms with E-state index in [-0.39, 0.29) is 5.56 Å². The second kappa shape index (κ2) is 3.96. The van der Waals surface area contributed by atoms with Crippen LogP contribution in [0.3, 0.4) is 0 Å². The number of rotatable bonds is 1. The highest BCUT2D eigenvalue weighted by molar-refractivity contribution is 7.11. The molecule has 18 heavy (non-hydrogen) atoms. The third kappa shape index (κ3) is 1.78. The Labute approximate surface area is 107 Å². The summed E-state index contributed by atoms with van der Waals surface area (Å²) in [6.07, 6.45) is 3.64. The van der Waals surface area contributed by atoms with Gasteiger partial charge in [0.25, 0.3) is 5.56 Å². The Bertz CT molecular complexity index is 840. The summed E-state index contributed by atoms with van der Waals surface area (Å²) in [6.45, 7) is 5.73. The minimum Gasteiger partial charge on any atom is -0.346 e. The number of aryl methyl sites for hydroxylation is 1. The molecule has 5 heteroatoms. The van der Waals surface area contributed by atoms with E-state index in [1.54, 1.807) is 17.5 Å². The molecule has 0 unspecified atom stereocenters. The van der Waals surface area contributed by atoms with Crippen LogP contribution in [0.25, 0.3) is 24.0 Å². The molecule has 0 fully saturated rings. The number of nitrogens with one attached hydrogen (secondary N) is 2.